The standard InChI is InChI=1S/C13H24N2O4S2/c1-3-5-12-15(11(9-20-12)13(16)17)21(18,19)14-7-4-6-10(2)8-14/h10-12H,3-9H2,1-2H3,(H,16,17). The Labute approximate surface area is 131 Å². The van der Waals surface area contributed by atoms with E-state index in [1.54, 1.807) is 0 Å². The largest absolute Gasteiger partial charge is 0.480 e. The Balaban J connectivity index is 2.26. The van der Waals surface area contributed by atoms with Crippen LogP contribution < -0.4 is 0 Å². The topological polar surface area (TPSA) is 77.9 Å². The van der Waals surface area contributed by atoms with Crippen LogP contribution >= 0.6 is 11.8 Å². The van der Waals surface area contributed by atoms with Gasteiger partial charge in [-0.25, -0.2) is 0 Å². The molecule has 0 aromatic rings. The Morgan fingerprint density at radius 1 is 1.43 bits per heavy atom. The van der Waals surface area contributed by atoms with Gasteiger partial charge in [-0.15, -0.1) is 11.8 Å². The maximum absolute atomic E-state index is 12.9. The SMILES string of the molecule is CCCC1SCC(C(=O)O)N1S(=O)(=O)N1CCCC(C)C1. The Hall–Kier alpha value is -0.310. The summed E-state index contributed by atoms with van der Waals surface area (Å²) in [5.41, 5.74) is 0. The van der Waals surface area contributed by atoms with E-state index in [9.17, 15) is 18.3 Å². The second-order valence-corrected chi connectivity index (χ2v) is 8.92. The number of carboxylic acids is 1. The molecule has 0 bridgehead atoms. The first-order valence-corrected chi connectivity index (χ1v) is 9.95. The first-order chi connectivity index (χ1) is 9.87. The van der Waals surface area contributed by atoms with Crippen molar-refractivity contribution in [1.82, 2.24) is 8.61 Å². The summed E-state index contributed by atoms with van der Waals surface area (Å²) < 4.78 is 28.5. The van der Waals surface area contributed by atoms with E-state index in [0.29, 0.717) is 31.2 Å². The fourth-order valence-corrected chi connectivity index (χ4v) is 6.95. The molecule has 2 saturated heterocycles. The van der Waals surface area contributed by atoms with Gasteiger partial charge in [0.15, 0.2) is 0 Å². The zero-order valence-corrected chi connectivity index (χ0v) is 14.2. The van der Waals surface area contributed by atoms with Gasteiger partial charge in [-0.2, -0.15) is 17.0 Å². The first kappa shape index (κ1) is 17.1. The average molecular weight is 336 g/mol. The van der Waals surface area contributed by atoms with Gasteiger partial charge in [-0.3, -0.25) is 4.79 Å². The van der Waals surface area contributed by atoms with E-state index < -0.39 is 22.2 Å². The lowest BCUT2D eigenvalue weighted by molar-refractivity contribution is -0.140. The number of carbonyl (C=O) groups is 1. The first-order valence-electron chi connectivity index (χ1n) is 7.51. The molecule has 6 nitrogen and oxygen atoms in total. The molecular formula is C13H24N2O4S2. The summed E-state index contributed by atoms with van der Waals surface area (Å²) in [7, 11) is -3.70. The lowest BCUT2D eigenvalue weighted by atomic mass is 10.0. The van der Waals surface area contributed by atoms with Crippen LogP contribution in [0.3, 0.4) is 0 Å². The third-order valence-corrected chi connectivity index (χ3v) is 7.59. The summed E-state index contributed by atoms with van der Waals surface area (Å²) in [6, 6.07) is -0.936. The Kier molecular flexibility index (Phi) is 5.56. The van der Waals surface area contributed by atoms with E-state index in [4.69, 9.17) is 0 Å². The van der Waals surface area contributed by atoms with Gasteiger partial charge in [0.25, 0.3) is 10.2 Å². The van der Waals surface area contributed by atoms with Crippen molar-refractivity contribution >= 4 is 27.9 Å². The number of nitrogens with zero attached hydrogens (tertiary/aromatic N) is 2. The van der Waals surface area contributed by atoms with Crippen LogP contribution in [0.2, 0.25) is 0 Å². The minimum Gasteiger partial charge on any atom is -0.480 e. The molecule has 0 spiro atoms. The molecule has 2 rings (SSSR count). The highest BCUT2D eigenvalue weighted by atomic mass is 32.2. The van der Waals surface area contributed by atoms with Gasteiger partial charge >= 0.3 is 5.97 Å². The molecule has 0 saturated carbocycles. The summed E-state index contributed by atoms with van der Waals surface area (Å²) in [5.74, 6) is -0.380. The zero-order chi connectivity index (χ0) is 15.6. The van der Waals surface area contributed by atoms with Gasteiger partial charge in [0.2, 0.25) is 0 Å². The maximum Gasteiger partial charge on any atom is 0.322 e. The van der Waals surface area contributed by atoms with E-state index in [1.165, 1.54) is 20.4 Å². The van der Waals surface area contributed by atoms with Crippen LogP contribution in [0.5, 0.6) is 0 Å². The molecule has 0 aliphatic carbocycles. The van der Waals surface area contributed by atoms with Crippen LogP contribution in [0.15, 0.2) is 0 Å². The Morgan fingerprint density at radius 3 is 2.71 bits per heavy atom. The van der Waals surface area contributed by atoms with Crippen molar-refractivity contribution in [1.29, 1.82) is 0 Å². The number of piperidine rings is 1. The smallest absolute Gasteiger partial charge is 0.322 e. The van der Waals surface area contributed by atoms with Crippen LogP contribution in [0.4, 0.5) is 0 Å². The molecule has 21 heavy (non-hydrogen) atoms. The molecule has 2 aliphatic heterocycles. The molecule has 0 amide bonds. The van der Waals surface area contributed by atoms with Crippen LogP contribution in [0, 0.1) is 5.92 Å². The van der Waals surface area contributed by atoms with Crippen molar-refractivity contribution in [3.8, 4) is 0 Å². The molecule has 3 unspecified atom stereocenters. The molecule has 0 radical (unpaired) electrons. The number of rotatable bonds is 5. The lowest BCUT2D eigenvalue weighted by Crippen LogP contribution is -2.53. The minimum absolute atomic E-state index is 0.252. The van der Waals surface area contributed by atoms with Crippen molar-refractivity contribution in [2.75, 3.05) is 18.8 Å². The summed E-state index contributed by atoms with van der Waals surface area (Å²) in [6.45, 7) is 5.02. The lowest BCUT2D eigenvalue weighted by Gasteiger charge is -2.36. The third kappa shape index (κ3) is 3.55. The summed E-state index contributed by atoms with van der Waals surface area (Å²) in [5, 5.41) is 9.09. The fraction of sp³-hybridized carbons (Fsp3) is 0.923. The number of aliphatic carboxylic acids is 1. The normalized spacial score (nSPS) is 32.4. The summed E-state index contributed by atoms with van der Waals surface area (Å²) in [6.07, 6.45) is 3.41. The van der Waals surface area contributed by atoms with Gasteiger partial charge in [0, 0.05) is 18.8 Å². The highest BCUT2D eigenvalue weighted by Crippen LogP contribution is 2.36. The number of carboxylic acid groups (broad SMARTS) is 1. The van der Waals surface area contributed by atoms with Crippen LogP contribution in [0.1, 0.15) is 39.5 Å². The second kappa shape index (κ2) is 6.85. The van der Waals surface area contributed by atoms with Gasteiger partial charge in [-0.1, -0.05) is 20.3 Å². The van der Waals surface area contributed by atoms with Crippen LogP contribution in [-0.4, -0.2) is 58.4 Å². The molecule has 1 N–H and O–H groups in total. The Bertz CT molecular complexity index is 483. The predicted molar refractivity (Wildman–Crippen MR) is 83.3 cm³/mol. The van der Waals surface area contributed by atoms with E-state index in [-0.39, 0.29) is 5.37 Å². The predicted octanol–water partition coefficient (Wildman–Crippen LogP) is 1.59. The molecule has 8 heteroatoms. The average Bonchev–Trinajstić information content (AvgIpc) is 2.84. The van der Waals surface area contributed by atoms with Crippen molar-refractivity contribution in [2.45, 2.75) is 50.9 Å². The molecular weight excluding hydrogens is 312 g/mol. The Morgan fingerprint density at radius 2 is 2.14 bits per heavy atom. The van der Waals surface area contributed by atoms with Gasteiger partial charge < -0.3 is 5.11 Å². The van der Waals surface area contributed by atoms with Gasteiger partial charge in [-0.05, 0) is 25.2 Å². The van der Waals surface area contributed by atoms with Gasteiger partial charge in [0.1, 0.15) is 6.04 Å². The van der Waals surface area contributed by atoms with E-state index in [0.717, 1.165) is 19.3 Å². The maximum atomic E-state index is 12.9. The molecule has 122 valence electrons. The number of hydrogen-bond acceptors (Lipinski definition) is 4. The van der Waals surface area contributed by atoms with Gasteiger partial charge in [0.05, 0.1) is 5.37 Å². The molecule has 2 heterocycles. The highest BCUT2D eigenvalue weighted by Gasteiger charge is 2.48. The monoisotopic (exact) mass is 336 g/mol. The number of hydrogen-bond donors (Lipinski definition) is 1. The summed E-state index contributed by atoms with van der Waals surface area (Å²) >= 11 is 1.44. The molecule has 0 aromatic heterocycles. The van der Waals surface area contributed by atoms with Crippen molar-refractivity contribution in [2.24, 2.45) is 5.92 Å². The van der Waals surface area contributed by atoms with E-state index >= 15 is 0 Å². The third-order valence-electron chi connectivity index (χ3n) is 4.07. The van der Waals surface area contributed by atoms with Crippen molar-refractivity contribution in [3.05, 3.63) is 0 Å². The second-order valence-electron chi connectivity index (χ2n) is 5.87. The van der Waals surface area contributed by atoms with Crippen molar-refractivity contribution < 1.29 is 18.3 Å². The van der Waals surface area contributed by atoms with E-state index in [1.807, 2.05) is 13.8 Å². The summed E-state index contributed by atoms with van der Waals surface area (Å²) in [4.78, 5) is 11.4. The fourth-order valence-electron chi connectivity index (χ4n) is 2.99. The molecule has 0 aromatic carbocycles. The molecule has 2 fully saturated rings. The van der Waals surface area contributed by atoms with E-state index in [2.05, 4.69) is 0 Å². The van der Waals surface area contributed by atoms with Crippen LogP contribution in [-0.2, 0) is 15.0 Å². The number of thioether (sulfide) groups is 1. The van der Waals surface area contributed by atoms with Crippen LogP contribution in [0.25, 0.3) is 0 Å². The molecule has 3 atom stereocenters. The quantitative estimate of drug-likeness (QED) is 0.825. The highest BCUT2D eigenvalue weighted by molar-refractivity contribution is 8.01. The van der Waals surface area contributed by atoms with Crippen molar-refractivity contribution in [3.63, 3.8) is 0 Å². The zero-order valence-electron chi connectivity index (χ0n) is 12.6. The molecule has 2 aliphatic rings. The minimum atomic E-state index is -3.70.